The van der Waals surface area contributed by atoms with Gasteiger partial charge in [0.05, 0.1) is 25.4 Å². The van der Waals surface area contributed by atoms with Crippen LogP contribution in [0.4, 0.5) is 0 Å². The first kappa shape index (κ1) is 30.4. The fourth-order valence-electron chi connectivity index (χ4n) is 2.51. The van der Waals surface area contributed by atoms with Gasteiger partial charge in [-0.25, -0.2) is 4.57 Å². The number of ether oxygens (including phenoxy) is 1. The minimum Gasteiger partial charge on any atom is -0.466 e. The molecule has 0 aromatic heterocycles. The maximum atomic E-state index is 11.3. The Balaban J connectivity index is 5.05. The molecular weight excluding hydrogens is 443 g/mol. The van der Waals surface area contributed by atoms with Crippen molar-refractivity contribution in [1.82, 2.24) is 0 Å². The summed E-state index contributed by atoms with van der Waals surface area (Å²) in [5.74, 6) is -0.382. The highest BCUT2D eigenvalue weighted by molar-refractivity contribution is 7.46. The lowest BCUT2D eigenvalue weighted by Crippen LogP contribution is -2.41. The van der Waals surface area contributed by atoms with Crippen molar-refractivity contribution in [2.45, 2.75) is 63.4 Å². The molecule has 0 bridgehead atoms. The lowest BCUT2D eigenvalue weighted by Gasteiger charge is -2.31. The van der Waals surface area contributed by atoms with Crippen molar-refractivity contribution in [2.75, 3.05) is 13.2 Å². The fraction of sp³-hybridized carbons (Fsp3) is 0.571. The van der Waals surface area contributed by atoms with Crippen molar-refractivity contribution in [2.24, 2.45) is 0 Å². The van der Waals surface area contributed by atoms with Gasteiger partial charge >= 0.3 is 13.8 Å². The first-order valence-corrected chi connectivity index (χ1v) is 11.7. The van der Waals surface area contributed by atoms with E-state index in [1.807, 2.05) is 0 Å². The van der Waals surface area contributed by atoms with E-state index in [-0.39, 0.29) is 38.4 Å². The normalized spacial score (nSPS) is 17.9. The second kappa shape index (κ2) is 16.1. The third-order valence-electron chi connectivity index (χ3n) is 4.12. The monoisotopic (exact) mass is 478 g/mol. The average molecular weight is 478 g/mol. The van der Waals surface area contributed by atoms with Crippen molar-refractivity contribution < 1.29 is 48.8 Å². The van der Waals surface area contributed by atoms with E-state index in [9.17, 15) is 34.5 Å². The second-order valence-corrected chi connectivity index (χ2v) is 8.31. The average Bonchev–Trinajstić information content (AvgIpc) is 2.68. The van der Waals surface area contributed by atoms with Crippen molar-refractivity contribution in [1.29, 1.82) is 0 Å². The summed E-state index contributed by atoms with van der Waals surface area (Å²) in [6.07, 6.45) is 8.07. The summed E-state index contributed by atoms with van der Waals surface area (Å²) in [5, 5.41) is 39.4. The van der Waals surface area contributed by atoms with Gasteiger partial charge in [-0.1, -0.05) is 48.6 Å². The molecule has 0 radical (unpaired) electrons. The Hall–Kier alpha value is -1.62. The number of phosphoric acid groups is 1. The van der Waals surface area contributed by atoms with Crippen molar-refractivity contribution >= 4 is 13.8 Å². The molecule has 0 unspecified atom stereocenters. The van der Waals surface area contributed by atoms with Crippen LogP contribution < -0.4 is 0 Å². The summed E-state index contributed by atoms with van der Waals surface area (Å²) >= 11 is 0. The SMILES string of the molecule is CCOC(=O)CCC[C@@H](O)/C=C/[C@@](C)(O)[C@@H](C[C@@H](O)\C=C/C=C\C=C\CO)OP(=O)(O)O. The molecule has 6 N–H and O–H groups in total. The number of hydrogen-bond donors (Lipinski definition) is 6. The lowest BCUT2D eigenvalue weighted by atomic mass is 9.93. The Morgan fingerprint density at radius 3 is 2.34 bits per heavy atom. The van der Waals surface area contributed by atoms with Crippen LogP contribution in [0.15, 0.2) is 48.6 Å². The molecule has 4 atom stereocenters. The van der Waals surface area contributed by atoms with E-state index >= 15 is 0 Å². The molecule has 0 spiro atoms. The molecule has 0 aliphatic heterocycles. The van der Waals surface area contributed by atoms with Crippen LogP contribution in [0.1, 0.15) is 39.5 Å². The molecule has 0 aliphatic carbocycles. The molecule has 0 aromatic rings. The van der Waals surface area contributed by atoms with Crippen molar-refractivity contribution in [3.63, 3.8) is 0 Å². The molecule has 0 saturated heterocycles. The number of esters is 1. The molecular formula is C21H35O10P. The highest BCUT2D eigenvalue weighted by Gasteiger charge is 2.36. The van der Waals surface area contributed by atoms with E-state index in [4.69, 9.17) is 9.84 Å². The largest absolute Gasteiger partial charge is 0.469 e. The molecule has 32 heavy (non-hydrogen) atoms. The van der Waals surface area contributed by atoms with Crippen LogP contribution in [-0.4, -0.2) is 73.3 Å². The van der Waals surface area contributed by atoms with Crippen LogP contribution in [0.25, 0.3) is 0 Å². The number of aliphatic hydroxyl groups is 4. The number of hydrogen-bond acceptors (Lipinski definition) is 8. The summed E-state index contributed by atoms with van der Waals surface area (Å²) in [6.45, 7) is 3.07. The van der Waals surface area contributed by atoms with E-state index in [2.05, 4.69) is 4.52 Å². The molecule has 10 nitrogen and oxygen atoms in total. The maximum absolute atomic E-state index is 11.3. The van der Waals surface area contributed by atoms with Gasteiger partial charge in [0.1, 0.15) is 11.7 Å². The molecule has 0 heterocycles. The zero-order valence-corrected chi connectivity index (χ0v) is 19.3. The number of allylic oxidation sites excluding steroid dienone is 4. The Bertz CT molecular complexity index is 693. The van der Waals surface area contributed by atoms with Crippen molar-refractivity contribution in [3.05, 3.63) is 48.6 Å². The first-order valence-electron chi connectivity index (χ1n) is 10.2. The van der Waals surface area contributed by atoms with Crippen LogP contribution >= 0.6 is 7.82 Å². The molecule has 0 aromatic carbocycles. The third kappa shape index (κ3) is 16.1. The van der Waals surface area contributed by atoms with Crippen LogP contribution in [0.3, 0.4) is 0 Å². The summed E-state index contributed by atoms with van der Waals surface area (Å²) in [6, 6.07) is 0. The lowest BCUT2D eigenvalue weighted by molar-refractivity contribution is -0.143. The Morgan fingerprint density at radius 2 is 1.75 bits per heavy atom. The Kier molecular flexibility index (Phi) is 15.3. The van der Waals surface area contributed by atoms with Crippen LogP contribution in [0.2, 0.25) is 0 Å². The van der Waals surface area contributed by atoms with Gasteiger partial charge in [0.2, 0.25) is 0 Å². The summed E-state index contributed by atoms with van der Waals surface area (Å²) in [7, 11) is -4.99. The van der Waals surface area contributed by atoms with E-state index in [1.165, 1.54) is 31.2 Å². The quantitative estimate of drug-likeness (QED) is 0.0820. The highest BCUT2D eigenvalue weighted by Crippen LogP contribution is 2.41. The van der Waals surface area contributed by atoms with Gasteiger partial charge < -0.3 is 34.9 Å². The van der Waals surface area contributed by atoms with E-state index in [0.717, 1.165) is 6.08 Å². The van der Waals surface area contributed by atoms with E-state index < -0.39 is 31.7 Å². The standard InChI is InChI=1S/C21H35O10P/c1-3-30-20(25)12-9-11-17(23)13-14-21(2,26)19(31-32(27,28)29)16-18(24)10-7-5-4-6-8-15-22/h4-8,10,13-14,17-19,22-24,26H,3,9,11-12,15-16H2,1-2H3,(H2,27,28,29)/b5-4-,8-6+,10-7-,14-13+/t17-,18+,19-,21-/m1/s1. The van der Waals surface area contributed by atoms with Gasteiger partial charge in [0, 0.05) is 12.8 Å². The predicted octanol–water partition coefficient (Wildman–Crippen LogP) is 1.28. The zero-order valence-electron chi connectivity index (χ0n) is 18.4. The number of phosphoric ester groups is 1. The fourth-order valence-corrected chi connectivity index (χ4v) is 3.14. The highest BCUT2D eigenvalue weighted by atomic mass is 31.2. The van der Waals surface area contributed by atoms with Gasteiger partial charge in [-0.2, -0.15) is 0 Å². The van der Waals surface area contributed by atoms with Gasteiger partial charge in [-0.05, 0) is 26.7 Å². The number of rotatable bonds is 16. The van der Waals surface area contributed by atoms with Gasteiger partial charge in [-0.15, -0.1) is 0 Å². The smallest absolute Gasteiger partial charge is 0.466 e. The third-order valence-corrected chi connectivity index (χ3v) is 4.65. The molecule has 0 rings (SSSR count). The molecule has 0 fully saturated rings. The molecule has 184 valence electrons. The Morgan fingerprint density at radius 1 is 1.09 bits per heavy atom. The zero-order chi connectivity index (χ0) is 24.6. The molecule has 0 saturated carbocycles. The maximum Gasteiger partial charge on any atom is 0.469 e. The molecule has 0 aliphatic rings. The summed E-state index contributed by atoms with van der Waals surface area (Å²) in [5.41, 5.74) is -1.93. The first-order chi connectivity index (χ1) is 14.9. The van der Waals surface area contributed by atoms with Gasteiger partial charge in [0.15, 0.2) is 0 Å². The Labute approximate surface area is 188 Å². The van der Waals surface area contributed by atoms with Crippen molar-refractivity contribution in [3.8, 4) is 0 Å². The van der Waals surface area contributed by atoms with Crippen LogP contribution in [-0.2, 0) is 18.6 Å². The summed E-state index contributed by atoms with van der Waals surface area (Å²) in [4.78, 5) is 29.7. The topological polar surface area (TPSA) is 174 Å². The minimum atomic E-state index is -4.99. The number of carbonyl (C=O) groups excluding carboxylic acids is 1. The minimum absolute atomic E-state index is 0.110. The molecule has 11 heteroatoms. The summed E-state index contributed by atoms with van der Waals surface area (Å²) < 4.78 is 20.8. The second-order valence-electron chi connectivity index (χ2n) is 7.12. The predicted molar refractivity (Wildman–Crippen MR) is 118 cm³/mol. The van der Waals surface area contributed by atoms with Crippen LogP contribution in [0, 0.1) is 0 Å². The number of carbonyl (C=O) groups is 1. The molecule has 0 amide bonds. The van der Waals surface area contributed by atoms with Gasteiger partial charge in [0.25, 0.3) is 0 Å². The number of aliphatic hydroxyl groups excluding tert-OH is 3. The van der Waals surface area contributed by atoms with E-state index in [0.29, 0.717) is 6.42 Å². The van der Waals surface area contributed by atoms with Gasteiger partial charge in [-0.3, -0.25) is 9.32 Å². The van der Waals surface area contributed by atoms with E-state index in [1.54, 1.807) is 25.2 Å². The van der Waals surface area contributed by atoms with Crippen LogP contribution in [0.5, 0.6) is 0 Å².